The summed E-state index contributed by atoms with van der Waals surface area (Å²) in [7, 11) is -3.65. The Hall–Kier alpha value is -2.58. The molecule has 1 aliphatic heterocycles. The van der Waals surface area contributed by atoms with Crippen molar-refractivity contribution in [1.29, 1.82) is 0 Å². The molecule has 0 bridgehead atoms. The Kier molecular flexibility index (Phi) is 6.44. The van der Waals surface area contributed by atoms with Crippen molar-refractivity contribution >= 4 is 15.9 Å². The van der Waals surface area contributed by atoms with E-state index in [4.69, 9.17) is 9.47 Å². The smallest absolute Gasteiger partial charge is 0.240 e. The molecule has 1 unspecified atom stereocenters. The Labute approximate surface area is 171 Å². The number of amides is 1. The highest BCUT2D eigenvalue weighted by Crippen LogP contribution is 2.34. The van der Waals surface area contributed by atoms with Crippen molar-refractivity contribution in [1.82, 2.24) is 10.0 Å². The van der Waals surface area contributed by atoms with Crippen LogP contribution in [0.15, 0.2) is 47.4 Å². The van der Waals surface area contributed by atoms with Gasteiger partial charge in [0.2, 0.25) is 22.7 Å². The molecule has 1 atom stereocenters. The van der Waals surface area contributed by atoms with Crippen LogP contribution in [0.1, 0.15) is 50.3 Å². The summed E-state index contributed by atoms with van der Waals surface area (Å²) in [5.74, 6) is 1.42. The minimum absolute atomic E-state index is 0.0218. The maximum Gasteiger partial charge on any atom is 0.240 e. The molecule has 0 radical (unpaired) electrons. The van der Waals surface area contributed by atoms with Gasteiger partial charge in [-0.05, 0) is 48.2 Å². The van der Waals surface area contributed by atoms with Gasteiger partial charge < -0.3 is 14.8 Å². The molecule has 8 heteroatoms. The number of ether oxygens (including phenoxy) is 2. The summed E-state index contributed by atoms with van der Waals surface area (Å²) in [5, 5.41) is 2.86. The largest absolute Gasteiger partial charge is 0.454 e. The first-order chi connectivity index (χ1) is 13.8. The van der Waals surface area contributed by atoms with Gasteiger partial charge in [-0.15, -0.1) is 0 Å². The van der Waals surface area contributed by atoms with Gasteiger partial charge in [-0.2, -0.15) is 0 Å². The van der Waals surface area contributed by atoms with Crippen molar-refractivity contribution in [3.8, 4) is 11.5 Å². The zero-order valence-electron chi connectivity index (χ0n) is 16.8. The maximum atomic E-state index is 12.4. The van der Waals surface area contributed by atoms with E-state index in [1.54, 1.807) is 30.3 Å². The minimum atomic E-state index is -3.65. The zero-order chi connectivity index (χ0) is 21.0. The number of nitrogens with one attached hydrogen (secondary N) is 2. The fourth-order valence-electron chi connectivity index (χ4n) is 2.99. The average Bonchev–Trinajstić information content (AvgIpc) is 3.15. The highest BCUT2D eigenvalue weighted by atomic mass is 32.2. The summed E-state index contributed by atoms with van der Waals surface area (Å²) in [6.07, 6.45) is 0.0399. The molecule has 2 aromatic carbocycles. The number of sulfonamides is 1. The number of carbonyl (C=O) groups is 1. The second-order valence-corrected chi connectivity index (χ2v) is 9.04. The third-order valence-electron chi connectivity index (χ3n) is 4.78. The highest BCUT2D eigenvalue weighted by molar-refractivity contribution is 7.89. The molecule has 29 heavy (non-hydrogen) atoms. The number of carbonyl (C=O) groups excluding carboxylic acids is 1. The third kappa shape index (κ3) is 5.27. The van der Waals surface area contributed by atoms with Gasteiger partial charge in [-0.25, -0.2) is 13.1 Å². The van der Waals surface area contributed by atoms with Crippen molar-refractivity contribution in [2.75, 3.05) is 13.3 Å². The standard InChI is InChI=1S/C21H26N2O5S/c1-14(2)16-4-7-18(8-5-16)29(25,26)22-11-10-21(24)23-15(3)17-6-9-19-20(12-17)28-13-27-19/h4-9,12,14-15,22H,10-11,13H2,1-3H3,(H,23,24). The van der Waals surface area contributed by atoms with Gasteiger partial charge in [0.15, 0.2) is 11.5 Å². The van der Waals surface area contributed by atoms with Crippen LogP contribution in [0.3, 0.4) is 0 Å². The van der Waals surface area contributed by atoms with Crippen LogP contribution in [-0.4, -0.2) is 27.7 Å². The summed E-state index contributed by atoms with van der Waals surface area (Å²) < 4.78 is 37.9. The summed E-state index contributed by atoms with van der Waals surface area (Å²) in [5.41, 5.74) is 1.95. The summed E-state index contributed by atoms with van der Waals surface area (Å²) in [6.45, 7) is 6.17. The second-order valence-electron chi connectivity index (χ2n) is 7.27. The van der Waals surface area contributed by atoms with Crippen LogP contribution in [0.4, 0.5) is 0 Å². The number of hydrogen-bond donors (Lipinski definition) is 2. The van der Waals surface area contributed by atoms with E-state index in [0.29, 0.717) is 17.4 Å². The summed E-state index contributed by atoms with van der Waals surface area (Å²) in [4.78, 5) is 12.4. The Balaban J connectivity index is 1.50. The van der Waals surface area contributed by atoms with Crippen LogP contribution in [0.2, 0.25) is 0 Å². The molecule has 1 heterocycles. The second kappa shape index (κ2) is 8.84. The van der Waals surface area contributed by atoms with Gasteiger partial charge in [-0.1, -0.05) is 32.0 Å². The monoisotopic (exact) mass is 418 g/mol. The molecular formula is C21H26N2O5S. The Morgan fingerprint density at radius 1 is 1.00 bits per heavy atom. The number of benzene rings is 2. The maximum absolute atomic E-state index is 12.4. The molecule has 1 amide bonds. The van der Waals surface area contributed by atoms with Crippen molar-refractivity contribution in [3.63, 3.8) is 0 Å². The van der Waals surface area contributed by atoms with Crippen molar-refractivity contribution in [3.05, 3.63) is 53.6 Å². The van der Waals surface area contributed by atoms with Gasteiger partial charge in [0, 0.05) is 13.0 Å². The molecule has 156 valence electrons. The normalized spacial score (nSPS) is 14.1. The van der Waals surface area contributed by atoms with E-state index in [-0.39, 0.29) is 36.6 Å². The van der Waals surface area contributed by atoms with Crippen LogP contribution in [0.5, 0.6) is 11.5 Å². The fourth-order valence-corrected chi connectivity index (χ4v) is 4.03. The van der Waals surface area contributed by atoms with Gasteiger partial charge in [0.1, 0.15) is 0 Å². The molecule has 0 fully saturated rings. The van der Waals surface area contributed by atoms with Crippen LogP contribution in [-0.2, 0) is 14.8 Å². The molecule has 0 aromatic heterocycles. The van der Waals surface area contributed by atoms with Crippen molar-refractivity contribution in [2.24, 2.45) is 0 Å². The highest BCUT2D eigenvalue weighted by Gasteiger charge is 2.18. The molecule has 2 N–H and O–H groups in total. The van der Waals surface area contributed by atoms with Crippen LogP contribution < -0.4 is 19.5 Å². The van der Waals surface area contributed by atoms with E-state index in [9.17, 15) is 13.2 Å². The van der Waals surface area contributed by atoms with E-state index in [1.807, 2.05) is 32.9 Å². The Morgan fingerprint density at radius 2 is 1.66 bits per heavy atom. The van der Waals surface area contributed by atoms with Crippen molar-refractivity contribution < 1.29 is 22.7 Å². The fraction of sp³-hybridized carbons (Fsp3) is 0.381. The quantitative estimate of drug-likeness (QED) is 0.687. The molecule has 0 saturated heterocycles. The van der Waals surface area contributed by atoms with E-state index in [1.165, 1.54) is 0 Å². The lowest BCUT2D eigenvalue weighted by Crippen LogP contribution is -2.32. The molecular weight excluding hydrogens is 392 g/mol. The van der Waals surface area contributed by atoms with E-state index in [0.717, 1.165) is 11.1 Å². The number of rotatable bonds is 8. The van der Waals surface area contributed by atoms with Crippen LogP contribution >= 0.6 is 0 Å². The number of fused-ring (bicyclic) bond motifs is 1. The molecule has 3 rings (SSSR count). The van der Waals surface area contributed by atoms with Gasteiger partial charge in [0.25, 0.3) is 0 Å². The van der Waals surface area contributed by atoms with Gasteiger partial charge in [0.05, 0.1) is 10.9 Å². The summed E-state index contributed by atoms with van der Waals surface area (Å²) in [6, 6.07) is 12.0. The average molecular weight is 419 g/mol. The molecule has 7 nitrogen and oxygen atoms in total. The van der Waals surface area contributed by atoms with E-state index >= 15 is 0 Å². The van der Waals surface area contributed by atoms with Crippen LogP contribution in [0, 0.1) is 0 Å². The first-order valence-corrected chi connectivity index (χ1v) is 11.0. The topological polar surface area (TPSA) is 93.7 Å². The summed E-state index contributed by atoms with van der Waals surface area (Å²) >= 11 is 0. The first kappa shape index (κ1) is 21.1. The molecule has 2 aromatic rings. The lowest BCUT2D eigenvalue weighted by molar-refractivity contribution is -0.121. The Morgan fingerprint density at radius 3 is 2.34 bits per heavy atom. The zero-order valence-corrected chi connectivity index (χ0v) is 17.6. The molecule has 0 spiro atoms. The number of hydrogen-bond acceptors (Lipinski definition) is 5. The first-order valence-electron chi connectivity index (χ1n) is 9.55. The lowest BCUT2D eigenvalue weighted by Gasteiger charge is -2.15. The van der Waals surface area contributed by atoms with Gasteiger partial charge >= 0.3 is 0 Å². The minimum Gasteiger partial charge on any atom is -0.454 e. The molecule has 0 saturated carbocycles. The molecule has 0 aliphatic carbocycles. The third-order valence-corrected chi connectivity index (χ3v) is 6.25. The van der Waals surface area contributed by atoms with Crippen LogP contribution in [0.25, 0.3) is 0 Å². The van der Waals surface area contributed by atoms with E-state index < -0.39 is 10.0 Å². The SMILES string of the molecule is CC(C)c1ccc(S(=O)(=O)NCCC(=O)NC(C)c2ccc3c(c2)OCO3)cc1. The van der Waals surface area contributed by atoms with Crippen molar-refractivity contribution in [2.45, 2.75) is 44.0 Å². The van der Waals surface area contributed by atoms with Gasteiger partial charge in [-0.3, -0.25) is 4.79 Å². The Bertz CT molecular complexity index is 971. The van der Waals surface area contributed by atoms with E-state index in [2.05, 4.69) is 10.0 Å². The predicted octanol–water partition coefficient (Wildman–Crippen LogP) is 3.08. The lowest BCUT2D eigenvalue weighted by atomic mass is 10.0. The molecule has 1 aliphatic rings. The predicted molar refractivity (Wildman–Crippen MR) is 109 cm³/mol.